The van der Waals surface area contributed by atoms with Gasteiger partial charge in [0.1, 0.15) is 0 Å². The highest BCUT2D eigenvalue weighted by atomic mass is 16.5. The largest absolute Gasteiger partial charge is 0.388 e. The molecule has 0 aromatic heterocycles. The molecule has 4 heteroatoms. The van der Waals surface area contributed by atoms with Gasteiger partial charge in [0.25, 0.3) is 0 Å². The molecule has 98 valence electrons. The van der Waals surface area contributed by atoms with Crippen LogP contribution in [-0.2, 0) is 4.74 Å². The molecular weight excluding hydrogens is 216 g/mol. The maximum absolute atomic E-state index is 11.0. The van der Waals surface area contributed by atoms with E-state index in [0.717, 1.165) is 25.7 Å². The second kappa shape index (κ2) is 3.92. The van der Waals surface area contributed by atoms with Crippen LogP contribution in [0.2, 0.25) is 0 Å². The lowest BCUT2D eigenvalue weighted by atomic mass is 9.68. The average molecular weight is 240 g/mol. The fraction of sp³-hybridized carbons (Fsp3) is 1.00. The van der Waals surface area contributed by atoms with Crippen molar-refractivity contribution < 1.29 is 9.84 Å². The van der Waals surface area contributed by atoms with Crippen LogP contribution in [0.1, 0.15) is 38.5 Å². The summed E-state index contributed by atoms with van der Waals surface area (Å²) in [7, 11) is 2.19. The van der Waals surface area contributed by atoms with Crippen molar-refractivity contribution >= 4 is 0 Å². The Morgan fingerprint density at radius 2 is 1.71 bits per heavy atom. The first-order valence-corrected chi connectivity index (χ1v) is 6.85. The zero-order valence-corrected chi connectivity index (χ0v) is 10.7. The molecule has 0 saturated carbocycles. The lowest BCUT2D eigenvalue weighted by Crippen LogP contribution is -2.67. The highest BCUT2D eigenvalue weighted by Crippen LogP contribution is 2.46. The maximum atomic E-state index is 11.0. The third-order valence-corrected chi connectivity index (χ3v) is 5.44. The summed E-state index contributed by atoms with van der Waals surface area (Å²) >= 11 is 0. The van der Waals surface area contributed by atoms with Crippen LogP contribution < -0.4 is 5.73 Å². The molecule has 3 heterocycles. The number of fused-ring (bicyclic) bond motifs is 2. The molecular formula is C13H24N2O2. The molecule has 3 aliphatic rings. The number of piperidine rings is 1. The van der Waals surface area contributed by atoms with E-state index < -0.39 is 11.1 Å². The number of hydrogen-bond donors (Lipinski definition) is 2. The number of nitrogens with zero attached hydrogens (tertiary/aromatic N) is 1. The molecule has 0 radical (unpaired) electrons. The van der Waals surface area contributed by atoms with Gasteiger partial charge in [0.2, 0.25) is 0 Å². The summed E-state index contributed by atoms with van der Waals surface area (Å²) in [6.45, 7) is 1.40. The summed E-state index contributed by atoms with van der Waals surface area (Å²) in [5.74, 6) is 0. The molecule has 2 bridgehead atoms. The zero-order chi connectivity index (χ0) is 12.1. The van der Waals surface area contributed by atoms with Gasteiger partial charge in [-0.05, 0) is 45.6 Å². The van der Waals surface area contributed by atoms with E-state index in [1.165, 1.54) is 12.8 Å². The first kappa shape index (κ1) is 11.9. The van der Waals surface area contributed by atoms with Gasteiger partial charge in [0.05, 0.1) is 5.60 Å². The van der Waals surface area contributed by atoms with Gasteiger partial charge in [-0.3, -0.25) is 0 Å². The summed E-state index contributed by atoms with van der Waals surface area (Å²) in [4.78, 5) is 2.44. The number of hydrogen-bond acceptors (Lipinski definition) is 4. The van der Waals surface area contributed by atoms with Crippen molar-refractivity contribution in [2.45, 2.75) is 61.7 Å². The SMILES string of the molecule is CN1C2CCC1CC(O)(C1(N)CCOCC1)C2. The van der Waals surface area contributed by atoms with E-state index in [1.807, 2.05) is 0 Å². The molecule has 3 aliphatic heterocycles. The Kier molecular flexibility index (Phi) is 2.74. The van der Waals surface area contributed by atoms with Crippen molar-refractivity contribution in [3.8, 4) is 0 Å². The van der Waals surface area contributed by atoms with E-state index in [1.54, 1.807) is 0 Å². The van der Waals surface area contributed by atoms with Gasteiger partial charge in [-0.1, -0.05) is 0 Å². The minimum Gasteiger partial charge on any atom is -0.388 e. The second-order valence-corrected chi connectivity index (χ2v) is 6.26. The Bertz CT molecular complexity index is 288. The monoisotopic (exact) mass is 240 g/mol. The van der Waals surface area contributed by atoms with E-state index in [9.17, 15) is 5.11 Å². The highest BCUT2D eigenvalue weighted by Gasteiger charge is 2.55. The fourth-order valence-corrected chi connectivity index (χ4v) is 4.05. The molecule has 3 saturated heterocycles. The smallest absolute Gasteiger partial charge is 0.0857 e. The van der Waals surface area contributed by atoms with Crippen molar-refractivity contribution in [3.63, 3.8) is 0 Å². The van der Waals surface area contributed by atoms with E-state index in [4.69, 9.17) is 10.5 Å². The molecule has 3 rings (SSSR count). The van der Waals surface area contributed by atoms with Gasteiger partial charge in [-0.25, -0.2) is 0 Å². The molecule has 0 aromatic carbocycles. The Labute approximate surface area is 103 Å². The number of nitrogens with two attached hydrogens (primary N) is 1. The molecule has 3 N–H and O–H groups in total. The minimum atomic E-state index is -0.672. The molecule has 2 unspecified atom stereocenters. The summed E-state index contributed by atoms with van der Waals surface area (Å²) in [6.07, 6.45) is 5.72. The molecule has 0 spiro atoms. The van der Waals surface area contributed by atoms with Crippen molar-refractivity contribution in [1.29, 1.82) is 0 Å². The quantitative estimate of drug-likeness (QED) is 0.700. The molecule has 17 heavy (non-hydrogen) atoms. The molecule has 0 aromatic rings. The molecule has 3 fully saturated rings. The average Bonchev–Trinajstić information content (AvgIpc) is 2.53. The number of ether oxygens (including phenoxy) is 1. The van der Waals surface area contributed by atoms with Crippen molar-refractivity contribution in [2.24, 2.45) is 5.73 Å². The Morgan fingerprint density at radius 3 is 2.24 bits per heavy atom. The Hall–Kier alpha value is -0.160. The summed E-state index contributed by atoms with van der Waals surface area (Å²) < 4.78 is 5.39. The van der Waals surface area contributed by atoms with Crippen LogP contribution in [0.4, 0.5) is 0 Å². The van der Waals surface area contributed by atoms with E-state index >= 15 is 0 Å². The van der Waals surface area contributed by atoms with Gasteiger partial charge in [-0.2, -0.15) is 0 Å². The van der Waals surface area contributed by atoms with Gasteiger partial charge in [0, 0.05) is 30.8 Å². The Balaban J connectivity index is 1.82. The van der Waals surface area contributed by atoms with Gasteiger partial charge in [-0.15, -0.1) is 0 Å². The molecule has 2 atom stereocenters. The van der Waals surface area contributed by atoms with Crippen LogP contribution in [0.25, 0.3) is 0 Å². The van der Waals surface area contributed by atoms with Crippen LogP contribution in [0, 0.1) is 0 Å². The fourth-order valence-electron chi connectivity index (χ4n) is 4.05. The van der Waals surface area contributed by atoms with Crippen molar-refractivity contribution in [3.05, 3.63) is 0 Å². The topological polar surface area (TPSA) is 58.7 Å². The lowest BCUT2D eigenvalue weighted by molar-refractivity contribution is -0.126. The van der Waals surface area contributed by atoms with Crippen LogP contribution in [0.5, 0.6) is 0 Å². The van der Waals surface area contributed by atoms with Crippen molar-refractivity contribution in [2.75, 3.05) is 20.3 Å². The first-order valence-electron chi connectivity index (χ1n) is 6.85. The van der Waals surface area contributed by atoms with Gasteiger partial charge < -0.3 is 20.5 Å². The third kappa shape index (κ3) is 1.73. The zero-order valence-electron chi connectivity index (χ0n) is 10.7. The van der Waals surface area contributed by atoms with Crippen LogP contribution in [0.3, 0.4) is 0 Å². The number of rotatable bonds is 1. The third-order valence-electron chi connectivity index (χ3n) is 5.44. The second-order valence-electron chi connectivity index (χ2n) is 6.26. The molecule has 0 amide bonds. The lowest BCUT2D eigenvalue weighted by Gasteiger charge is -2.52. The van der Waals surface area contributed by atoms with E-state index in [2.05, 4.69) is 11.9 Å². The summed E-state index contributed by atoms with van der Waals surface area (Å²) in [5.41, 5.74) is 5.42. The van der Waals surface area contributed by atoms with Crippen LogP contribution >= 0.6 is 0 Å². The standard InChI is InChI=1S/C13H24N2O2/c1-15-10-2-3-11(15)9-13(16,8-10)12(14)4-6-17-7-5-12/h10-11,16H,2-9,14H2,1H3. The first-order chi connectivity index (χ1) is 8.04. The molecule has 4 nitrogen and oxygen atoms in total. The predicted molar refractivity (Wildman–Crippen MR) is 65.7 cm³/mol. The van der Waals surface area contributed by atoms with Crippen LogP contribution in [-0.4, -0.2) is 53.5 Å². The maximum Gasteiger partial charge on any atom is 0.0857 e. The summed E-state index contributed by atoms with van der Waals surface area (Å²) in [6, 6.07) is 1.06. The van der Waals surface area contributed by atoms with Gasteiger partial charge >= 0.3 is 0 Å². The van der Waals surface area contributed by atoms with E-state index in [-0.39, 0.29) is 0 Å². The highest BCUT2D eigenvalue weighted by molar-refractivity contribution is 5.12. The van der Waals surface area contributed by atoms with Gasteiger partial charge in [0.15, 0.2) is 0 Å². The summed E-state index contributed by atoms with van der Waals surface area (Å²) in [5, 5.41) is 11.0. The van der Waals surface area contributed by atoms with Crippen molar-refractivity contribution in [1.82, 2.24) is 4.90 Å². The normalized spacial score (nSPS) is 46.1. The molecule has 0 aliphatic carbocycles. The Morgan fingerprint density at radius 1 is 1.18 bits per heavy atom. The van der Waals surface area contributed by atoms with E-state index in [0.29, 0.717) is 25.3 Å². The minimum absolute atomic E-state index is 0.423. The number of aliphatic hydroxyl groups is 1. The predicted octanol–water partition coefficient (Wildman–Crippen LogP) is 0.482. The van der Waals surface area contributed by atoms with Crippen LogP contribution in [0.15, 0.2) is 0 Å².